The quantitative estimate of drug-likeness (QED) is 0.887. The van der Waals surface area contributed by atoms with Crippen molar-refractivity contribution in [2.75, 3.05) is 29.9 Å². The second-order valence-electron chi connectivity index (χ2n) is 5.66. The van der Waals surface area contributed by atoms with Gasteiger partial charge in [-0.15, -0.1) is 10.2 Å². The van der Waals surface area contributed by atoms with Crippen LogP contribution in [0.15, 0.2) is 18.2 Å². The SMILES string of the molecule is Cc1nnc(NC(=O)NCC2CCN(c3ccc(F)c(F)c3)C2)s1. The fourth-order valence-electron chi connectivity index (χ4n) is 2.64. The number of halogens is 2. The molecule has 0 spiro atoms. The highest BCUT2D eigenvalue weighted by Crippen LogP contribution is 2.25. The van der Waals surface area contributed by atoms with Gasteiger partial charge in [-0.2, -0.15) is 0 Å². The minimum Gasteiger partial charge on any atom is -0.371 e. The molecule has 9 heteroatoms. The molecule has 2 heterocycles. The van der Waals surface area contributed by atoms with Crippen LogP contribution < -0.4 is 15.5 Å². The predicted molar refractivity (Wildman–Crippen MR) is 88.3 cm³/mol. The summed E-state index contributed by atoms with van der Waals surface area (Å²) in [6.07, 6.45) is 0.872. The number of hydrogen-bond acceptors (Lipinski definition) is 5. The molecular weight excluding hydrogens is 336 g/mol. The molecule has 2 aromatic rings. The Balaban J connectivity index is 1.47. The lowest BCUT2D eigenvalue weighted by atomic mass is 10.1. The number of carbonyl (C=O) groups is 1. The molecule has 1 aromatic heterocycles. The van der Waals surface area contributed by atoms with Crippen molar-refractivity contribution < 1.29 is 13.6 Å². The van der Waals surface area contributed by atoms with Gasteiger partial charge < -0.3 is 10.2 Å². The highest BCUT2D eigenvalue weighted by molar-refractivity contribution is 7.15. The van der Waals surface area contributed by atoms with Crippen molar-refractivity contribution in [2.24, 2.45) is 5.92 Å². The third-order valence-electron chi connectivity index (χ3n) is 3.85. The largest absolute Gasteiger partial charge is 0.371 e. The van der Waals surface area contributed by atoms with Gasteiger partial charge in [-0.3, -0.25) is 5.32 Å². The Morgan fingerprint density at radius 1 is 1.38 bits per heavy atom. The van der Waals surface area contributed by atoms with Crippen molar-refractivity contribution >= 4 is 28.2 Å². The summed E-state index contributed by atoms with van der Waals surface area (Å²) in [5.41, 5.74) is 0.658. The number of rotatable bonds is 4. The van der Waals surface area contributed by atoms with Gasteiger partial charge >= 0.3 is 6.03 Å². The molecule has 2 amide bonds. The average Bonchev–Trinajstić information content (AvgIpc) is 3.17. The lowest BCUT2D eigenvalue weighted by molar-refractivity contribution is 0.250. The smallest absolute Gasteiger partial charge is 0.321 e. The first-order valence-electron chi connectivity index (χ1n) is 7.56. The van der Waals surface area contributed by atoms with E-state index < -0.39 is 11.6 Å². The Hall–Kier alpha value is -2.29. The first kappa shape index (κ1) is 16.6. The Morgan fingerprint density at radius 3 is 2.92 bits per heavy atom. The third-order valence-corrected chi connectivity index (χ3v) is 4.61. The number of benzene rings is 1. The molecule has 0 aliphatic carbocycles. The molecule has 0 saturated carbocycles. The second kappa shape index (κ2) is 7.08. The van der Waals surface area contributed by atoms with E-state index in [1.54, 1.807) is 6.07 Å². The van der Waals surface area contributed by atoms with Gasteiger partial charge in [-0.25, -0.2) is 13.6 Å². The lowest BCUT2D eigenvalue weighted by Crippen LogP contribution is -2.34. The molecule has 1 saturated heterocycles. The van der Waals surface area contributed by atoms with Crippen molar-refractivity contribution in [1.82, 2.24) is 15.5 Å². The highest BCUT2D eigenvalue weighted by atomic mass is 32.1. The van der Waals surface area contributed by atoms with Crippen LogP contribution in [0.5, 0.6) is 0 Å². The van der Waals surface area contributed by atoms with Crippen LogP contribution in [-0.2, 0) is 0 Å². The minimum atomic E-state index is -0.847. The van der Waals surface area contributed by atoms with Gasteiger partial charge in [0.15, 0.2) is 11.6 Å². The number of amides is 2. The number of hydrogen-bond donors (Lipinski definition) is 2. The first-order valence-corrected chi connectivity index (χ1v) is 8.38. The van der Waals surface area contributed by atoms with Crippen LogP contribution in [0.1, 0.15) is 11.4 Å². The van der Waals surface area contributed by atoms with Gasteiger partial charge in [0.1, 0.15) is 5.01 Å². The van der Waals surface area contributed by atoms with Gasteiger partial charge in [0.2, 0.25) is 5.13 Å². The summed E-state index contributed by atoms with van der Waals surface area (Å²) in [5.74, 6) is -1.44. The van der Waals surface area contributed by atoms with E-state index in [9.17, 15) is 13.6 Å². The zero-order valence-corrected chi connectivity index (χ0v) is 13.9. The molecule has 1 atom stereocenters. The molecular formula is C15H17F2N5OS. The van der Waals surface area contributed by atoms with Crippen molar-refractivity contribution in [3.05, 3.63) is 34.8 Å². The molecule has 1 aliphatic heterocycles. The molecule has 1 fully saturated rings. The van der Waals surface area contributed by atoms with E-state index in [-0.39, 0.29) is 11.9 Å². The summed E-state index contributed by atoms with van der Waals surface area (Å²) in [6.45, 7) is 3.74. The van der Waals surface area contributed by atoms with E-state index in [4.69, 9.17) is 0 Å². The molecule has 1 aromatic carbocycles. The molecule has 3 rings (SSSR count). The van der Waals surface area contributed by atoms with E-state index in [2.05, 4.69) is 20.8 Å². The predicted octanol–water partition coefficient (Wildman–Crippen LogP) is 2.77. The zero-order valence-electron chi connectivity index (χ0n) is 13.1. The summed E-state index contributed by atoms with van der Waals surface area (Å²) in [7, 11) is 0. The molecule has 6 nitrogen and oxygen atoms in total. The Kier molecular flexibility index (Phi) is 4.89. The van der Waals surface area contributed by atoms with Crippen molar-refractivity contribution in [1.29, 1.82) is 0 Å². The second-order valence-corrected chi connectivity index (χ2v) is 6.84. The number of carbonyl (C=O) groups excluding carboxylic acids is 1. The van der Waals surface area contributed by atoms with Crippen LogP contribution in [0.4, 0.5) is 24.4 Å². The maximum absolute atomic E-state index is 13.3. The van der Waals surface area contributed by atoms with E-state index in [1.807, 2.05) is 11.8 Å². The maximum atomic E-state index is 13.3. The fourth-order valence-corrected chi connectivity index (χ4v) is 3.23. The number of nitrogens with one attached hydrogen (secondary N) is 2. The van der Waals surface area contributed by atoms with Crippen molar-refractivity contribution in [2.45, 2.75) is 13.3 Å². The first-order chi connectivity index (χ1) is 11.5. The third kappa shape index (κ3) is 3.97. The van der Waals surface area contributed by atoms with E-state index in [0.29, 0.717) is 23.9 Å². The van der Waals surface area contributed by atoms with Crippen molar-refractivity contribution in [3.63, 3.8) is 0 Å². The molecule has 1 unspecified atom stereocenters. The monoisotopic (exact) mass is 353 g/mol. The molecule has 24 heavy (non-hydrogen) atoms. The fraction of sp³-hybridized carbons (Fsp3) is 0.400. The summed E-state index contributed by atoms with van der Waals surface area (Å²) in [5, 5.41) is 14.3. The summed E-state index contributed by atoms with van der Waals surface area (Å²) in [6, 6.07) is 3.58. The van der Waals surface area contributed by atoms with Gasteiger partial charge in [0.05, 0.1) is 0 Å². The normalized spacial score (nSPS) is 17.1. The van der Waals surface area contributed by atoms with Gasteiger partial charge in [-0.05, 0) is 31.4 Å². The van der Waals surface area contributed by atoms with Crippen LogP contribution in [0, 0.1) is 24.5 Å². The number of aryl methyl sites for hydroxylation is 1. The Morgan fingerprint density at radius 2 is 2.21 bits per heavy atom. The minimum absolute atomic E-state index is 0.250. The molecule has 0 bridgehead atoms. The molecule has 0 radical (unpaired) electrons. The van der Waals surface area contributed by atoms with Crippen molar-refractivity contribution in [3.8, 4) is 0 Å². The van der Waals surface area contributed by atoms with Crippen LogP contribution in [0.25, 0.3) is 0 Å². The van der Waals surface area contributed by atoms with E-state index in [0.717, 1.165) is 24.0 Å². The topological polar surface area (TPSA) is 70.1 Å². The lowest BCUT2D eigenvalue weighted by Gasteiger charge is -2.19. The van der Waals surface area contributed by atoms with Gasteiger partial charge in [0.25, 0.3) is 0 Å². The van der Waals surface area contributed by atoms with Crippen LogP contribution >= 0.6 is 11.3 Å². The van der Waals surface area contributed by atoms with Crippen LogP contribution in [0.3, 0.4) is 0 Å². The maximum Gasteiger partial charge on any atom is 0.321 e. The Labute approximate surface area is 141 Å². The van der Waals surface area contributed by atoms with Crippen LogP contribution in [-0.4, -0.2) is 35.9 Å². The number of urea groups is 1. The Bertz CT molecular complexity index is 738. The summed E-state index contributed by atoms with van der Waals surface area (Å²) >= 11 is 1.31. The highest BCUT2D eigenvalue weighted by Gasteiger charge is 2.23. The molecule has 2 N–H and O–H groups in total. The number of nitrogens with zero attached hydrogens (tertiary/aromatic N) is 3. The van der Waals surface area contributed by atoms with E-state index >= 15 is 0 Å². The standard InChI is InChI=1S/C15H17F2N5OS/c1-9-20-21-15(24-9)19-14(23)18-7-10-4-5-22(8-10)11-2-3-12(16)13(17)6-11/h2-3,6,10H,4-5,7-8H2,1H3,(H2,18,19,21,23). The van der Waals surface area contributed by atoms with Gasteiger partial charge in [-0.1, -0.05) is 11.3 Å². The summed E-state index contributed by atoms with van der Waals surface area (Å²) < 4.78 is 26.3. The van der Waals surface area contributed by atoms with Crippen LogP contribution in [0.2, 0.25) is 0 Å². The molecule has 1 aliphatic rings. The summed E-state index contributed by atoms with van der Waals surface area (Å²) in [4.78, 5) is 13.8. The average molecular weight is 353 g/mol. The molecule has 128 valence electrons. The number of anilines is 2. The zero-order chi connectivity index (χ0) is 17.1. The number of aromatic nitrogens is 2. The van der Waals surface area contributed by atoms with E-state index in [1.165, 1.54) is 17.4 Å². The van der Waals surface area contributed by atoms with Gasteiger partial charge in [0, 0.05) is 31.4 Å².